The quantitative estimate of drug-likeness (QED) is 0.626. The number of pyridine rings is 1. The SMILES string of the molecule is CC1(C)CC2(CC2)c2c([nH]c3ccc(C(=O)NC4CCN(C(=O)c5ccccn5)C4)cc23)C1=O. The number of ketones is 1. The Balaban J connectivity index is 1.22. The molecule has 2 fully saturated rings. The van der Waals surface area contributed by atoms with Crippen molar-refractivity contribution in [3.63, 3.8) is 0 Å². The number of benzene rings is 1. The molecule has 7 heteroatoms. The number of aromatic nitrogens is 2. The first-order valence-corrected chi connectivity index (χ1v) is 12.0. The van der Waals surface area contributed by atoms with Gasteiger partial charge < -0.3 is 15.2 Å². The van der Waals surface area contributed by atoms with Gasteiger partial charge in [0.1, 0.15) is 5.69 Å². The molecule has 2 aliphatic carbocycles. The Morgan fingerprint density at radius 3 is 2.74 bits per heavy atom. The predicted molar refractivity (Wildman–Crippen MR) is 128 cm³/mol. The molecule has 2 aromatic heterocycles. The second-order valence-electron chi connectivity index (χ2n) is 10.7. The van der Waals surface area contributed by atoms with E-state index in [9.17, 15) is 14.4 Å². The maximum absolute atomic E-state index is 13.1. The van der Waals surface area contributed by atoms with Crippen molar-refractivity contribution in [2.45, 2.75) is 51.0 Å². The minimum atomic E-state index is -0.369. The van der Waals surface area contributed by atoms with Crippen LogP contribution in [0.5, 0.6) is 0 Å². The van der Waals surface area contributed by atoms with E-state index in [0.717, 1.165) is 41.4 Å². The molecule has 1 saturated carbocycles. The van der Waals surface area contributed by atoms with Crippen molar-refractivity contribution in [3.05, 3.63) is 65.1 Å². The molecule has 2 amide bonds. The minimum absolute atomic E-state index is 0.0535. The fraction of sp³-hybridized carbons (Fsp3) is 0.407. The lowest BCUT2D eigenvalue weighted by atomic mass is 9.68. The molecule has 1 aliphatic heterocycles. The molecule has 3 aromatic rings. The van der Waals surface area contributed by atoms with Gasteiger partial charge in [0, 0.05) is 47.2 Å². The Morgan fingerprint density at radius 1 is 1.18 bits per heavy atom. The highest BCUT2D eigenvalue weighted by Gasteiger charge is 2.56. The molecule has 0 radical (unpaired) electrons. The first-order valence-electron chi connectivity index (χ1n) is 12.0. The number of Topliss-reactive ketones (excluding diaryl/α,β-unsaturated/α-hetero) is 1. The van der Waals surface area contributed by atoms with Crippen LogP contribution in [0.15, 0.2) is 42.6 Å². The van der Waals surface area contributed by atoms with Crippen LogP contribution in [0.25, 0.3) is 10.9 Å². The van der Waals surface area contributed by atoms with E-state index in [-0.39, 0.29) is 34.5 Å². The van der Waals surface area contributed by atoms with Gasteiger partial charge in [-0.2, -0.15) is 0 Å². The van der Waals surface area contributed by atoms with Crippen LogP contribution in [0.3, 0.4) is 0 Å². The largest absolute Gasteiger partial charge is 0.352 e. The fourth-order valence-corrected chi connectivity index (χ4v) is 5.97. The highest BCUT2D eigenvalue weighted by molar-refractivity contribution is 6.09. The molecule has 6 rings (SSSR count). The lowest BCUT2D eigenvalue weighted by molar-refractivity contribution is 0.0774. The molecule has 1 saturated heterocycles. The lowest BCUT2D eigenvalue weighted by Crippen LogP contribution is -2.38. The van der Waals surface area contributed by atoms with Crippen LogP contribution < -0.4 is 5.32 Å². The van der Waals surface area contributed by atoms with Crippen molar-refractivity contribution in [1.29, 1.82) is 0 Å². The zero-order chi connectivity index (χ0) is 23.7. The van der Waals surface area contributed by atoms with E-state index < -0.39 is 0 Å². The molecule has 1 spiro atoms. The summed E-state index contributed by atoms with van der Waals surface area (Å²) in [6.45, 7) is 5.12. The summed E-state index contributed by atoms with van der Waals surface area (Å²) < 4.78 is 0. The molecular weight excluding hydrogens is 428 g/mol. The summed E-state index contributed by atoms with van der Waals surface area (Å²) in [5.41, 5.74) is 3.42. The van der Waals surface area contributed by atoms with Gasteiger partial charge in [0.15, 0.2) is 5.78 Å². The van der Waals surface area contributed by atoms with Crippen molar-refractivity contribution < 1.29 is 14.4 Å². The van der Waals surface area contributed by atoms with E-state index >= 15 is 0 Å². The van der Waals surface area contributed by atoms with Crippen LogP contribution in [0.4, 0.5) is 0 Å². The van der Waals surface area contributed by atoms with Gasteiger partial charge in [0.05, 0.1) is 5.69 Å². The van der Waals surface area contributed by atoms with Gasteiger partial charge in [-0.05, 0) is 67.0 Å². The summed E-state index contributed by atoms with van der Waals surface area (Å²) in [5.74, 6) is -0.104. The molecule has 0 bridgehead atoms. The highest BCUT2D eigenvalue weighted by Crippen LogP contribution is 2.61. The lowest BCUT2D eigenvalue weighted by Gasteiger charge is -2.34. The standard InChI is InChI=1S/C27H28N4O3/c1-26(2)15-27(9-10-27)21-18-13-16(6-7-19(18)30-22(21)23(26)32)24(33)29-17-8-12-31(14-17)25(34)20-5-3-4-11-28-20/h3-7,11,13,17,30H,8-10,12,14-15H2,1-2H3,(H,29,33). The van der Waals surface area contributed by atoms with E-state index in [1.54, 1.807) is 35.4 Å². The molecular formula is C27H28N4O3. The number of amides is 2. The van der Waals surface area contributed by atoms with Crippen LogP contribution in [0, 0.1) is 5.41 Å². The molecule has 3 heterocycles. The maximum Gasteiger partial charge on any atom is 0.272 e. The van der Waals surface area contributed by atoms with Crippen LogP contribution in [0.1, 0.15) is 76.4 Å². The normalized spacial score (nSPS) is 22.1. The third-order valence-corrected chi connectivity index (χ3v) is 7.76. The first kappa shape index (κ1) is 21.1. The summed E-state index contributed by atoms with van der Waals surface area (Å²) in [7, 11) is 0. The number of H-pyrrole nitrogens is 1. The summed E-state index contributed by atoms with van der Waals surface area (Å²) in [4.78, 5) is 48.1. The van der Waals surface area contributed by atoms with Crippen LogP contribution in [-0.2, 0) is 5.41 Å². The maximum atomic E-state index is 13.1. The van der Waals surface area contributed by atoms with Gasteiger partial charge in [0.25, 0.3) is 11.8 Å². The van der Waals surface area contributed by atoms with E-state index in [2.05, 4.69) is 15.3 Å². The van der Waals surface area contributed by atoms with Gasteiger partial charge in [-0.1, -0.05) is 19.9 Å². The summed E-state index contributed by atoms with van der Waals surface area (Å²) in [6, 6.07) is 10.8. The van der Waals surface area contributed by atoms with Crippen molar-refractivity contribution in [2.24, 2.45) is 5.41 Å². The van der Waals surface area contributed by atoms with E-state index in [0.29, 0.717) is 30.8 Å². The number of carbonyl (C=O) groups excluding carboxylic acids is 3. The van der Waals surface area contributed by atoms with Gasteiger partial charge in [-0.3, -0.25) is 19.4 Å². The molecule has 2 N–H and O–H groups in total. The average molecular weight is 457 g/mol. The molecule has 3 aliphatic rings. The Bertz CT molecular complexity index is 1340. The molecule has 7 nitrogen and oxygen atoms in total. The van der Waals surface area contributed by atoms with Gasteiger partial charge >= 0.3 is 0 Å². The number of hydrogen-bond donors (Lipinski definition) is 2. The van der Waals surface area contributed by atoms with Crippen LogP contribution in [0.2, 0.25) is 0 Å². The van der Waals surface area contributed by atoms with Gasteiger partial charge in [-0.15, -0.1) is 0 Å². The Hall–Kier alpha value is -3.48. The number of nitrogens with one attached hydrogen (secondary N) is 2. The summed E-state index contributed by atoms with van der Waals surface area (Å²) >= 11 is 0. The number of hydrogen-bond acceptors (Lipinski definition) is 4. The number of rotatable bonds is 3. The fourth-order valence-electron chi connectivity index (χ4n) is 5.97. The second-order valence-corrected chi connectivity index (χ2v) is 10.7. The Morgan fingerprint density at radius 2 is 2.00 bits per heavy atom. The Labute approximate surface area is 197 Å². The zero-order valence-electron chi connectivity index (χ0n) is 19.5. The number of carbonyl (C=O) groups is 3. The number of likely N-dealkylation sites (tertiary alicyclic amines) is 1. The second kappa shape index (κ2) is 7.26. The van der Waals surface area contributed by atoms with Crippen molar-refractivity contribution in [2.75, 3.05) is 13.1 Å². The van der Waals surface area contributed by atoms with Gasteiger partial charge in [-0.25, -0.2) is 0 Å². The molecule has 1 aromatic carbocycles. The zero-order valence-corrected chi connectivity index (χ0v) is 19.5. The van der Waals surface area contributed by atoms with E-state index in [1.165, 1.54) is 0 Å². The number of aromatic amines is 1. The third-order valence-electron chi connectivity index (χ3n) is 7.76. The summed E-state index contributed by atoms with van der Waals surface area (Å²) in [5, 5.41) is 4.08. The molecule has 174 valence electrons. The Kier molecular flexibility index (Phi) is 4.50. The first-order chi connectivity index (χ1) is 16.3. The highest BCUT2D eigenvalue weighted by atomic mass is 16.2. The topological polar surface area (TPSA) is 95.2 Å². The van der Waals surface area contributed by atoms with Gasteiger partial charge in [0.2, 0.25) is 0 Å². The molecule has 1 atom stereocenters. The molecule has 1 unspecified atom stereocenters. The summed E-state index contributed by atoms with van der Waals surface area (Å²) in [6.07, 6.45) is 5.35. The number of fused-ring (bicyclic) bond motifs is 4. The smallest absolute Gasteiger partial charge is 0.272 e. The van der Waals surface area contributed by atoms with Crippen LogP contribution >= 0.6 is 0 Å². The van der Waals surface area contributed by atoms with Crippen LogP contribution in [-0.4, -0.2) is 51.6 Å². The number of nitrogens with zero attached hydrogens (tertiary/aromatic N) is 2. The third kappa shape index (κ3) is 3.25. The minimum Gasteiger partial charge on any atom is -0.352 e. The predicted octanol–water partition coefficient (Wildman–Crippen LogP) is 3.85. The average Bonchev–Trinajstić information content (AvgIpc) is 3.25. The van der Waals surface area contributed by atoms with Crippen molar-refractivity contribution in [3.8, 4) is 0 Å². The van der Waals surface area contributed by atoms with Crippen molar-refractivity contribution >= 4 is 28.5 Å². The van der Waals surface area contributed by atoms with Crippen molar-refractivity contribution in [1.82, 2.24) is 20.2 Å². The van der Waals surface area contributed by atoms with E-state index in [4.69, 9.17) is 0 Å². The van der Waals surface area contributed by atoms with E-state index in [1.807, 2.05) is 26.0 Å². The monoisotopic (exact) mass is 456 g/mol. The molecule has 34 heavy (non-hydrogen) atoms.